The minimum atomic E-state index is -0.819. The summed E-state index contributed by atoms with van der Waals surface area (Å²) in [5.41, 5.74) is 0.946. The molecule has 1 aromatic carbocycles. The summed E-state index contributed by atoms with van der Waals surface area (Å²) in [5.74, 6) is 1.61. The molecule has 0 aliphatic carbocycles. The molecule has 0 radical (unpaired) electrons. The van der Waals surface area contributed by atoms with Crippen LogP contribution in [0.3, 0.4) is 0 Å². The molecule has 0 spiro atoms. The fraction of sp³-hybridized carbons (Fsp3) is 0.455. The topological polar surface area (TPSA) is 29.1 Å². The van der Waals surface area contributed by atoms with Crippen LogP contribution < -0.4 is 5.32 Å². The SMILES string of the molecule is O=S(Cc1ccc(F)cc1)CC1CNC1. The smallest absolute Gasteiger partial charge is 0.123 e. The van der Waals surface area contributed by atoms with Gasteiger partial charge in [0.15, 0.2) is 0 Å². The lowest BCUT2D eigenvalue weighted by molar-refractivity contribution is 0.382. The molecule has 1 aliphatic rings. The summed E-state index contributed by atoms with van der Waals surface area (Å²) < 4.78 is 24.3. The van der Waals surface area contributed by atoms with Crippen LogP contribution in [0.2, 0.25) is 0 Å². The zero-order valence-electron chi connectivity index (χ0n) is 8.41. The second kappa shape index (κ2) is 4.86. The maximum absolute atomic E-state index is 12.6. The number of hydrogen-bond acceptors (Lipinski definition) is 2. The van der Waals surface area contributed by atoms with Gasteiger partial charge in [0.05, 0.1) is 0 Å². The first-order valence-electron chi connectivity index (χ1n) is 5.04. The molecule has 1 heterocycles. The number of hydrogen-bond donors (Lipinski definition) is 1. The largest absolute Gasteiger partial charge is 0.316 e. The van der Waals surface area contributed by atoms with Crippen molar-refractivity contribution in [3.8, 4) is 0 Å². The molecule has 2 nitrogen and oxygen atoms in total. The lowest BCUT2D eigenvalue weighted by Gasteiger charge is -2.26. The van der Waals surface area contributed by atoms with Crippen LogP contribution in [0.25, 0.3) is 0 Å². The van der Waals surface area contributed by atoms with Gasteiger partial charge in [-0.05, 0) is 23.6 Å². The van der Waals surface area contributed by atoms with Gasteiger partial charge in [-0.2, -0.15) is 0 Å². The zero-order chi connectivity index (χ0) is 10.7. The summed E-state index contributed by atoms with van der Waals surface area (Å²) in [4.78, 5) is 0. The second-order valence-electron chi connectivity index (χ2n) is 3.90. The minimum absolute atomic E-state index is 0.243. The average molecular weight is 227 g/mol. The number of rotatable bonds is 4. The van der Waals surface area contributed by atoms with E-state index in [0.717, 1.165) is 24.4 Å². The van der Waals surface area contributed by atoms with Gasteiger partial charge >= 0.3 is 0 Å². The van der Waals surface area contributed by atoms with Crippen LogP contribution in [-0.4, -0.2) is 23.1 Å². The zero-order valence-corrected chi connectivity index (χ0v) is 9.23. The molecule has 0 bridgehead atoms. The highest BCUT2D eigenvalue weighted by atomic mass is 32.2. The Balaban J connectivity index is 1.84. The van der Waals surface area contributed by atoms with Crippen molar-refractivity contribution >= 4 is 10.8 Å². The molecule has 1 aromatic rings. The number of halogens is 1. The summed E-state index contributed by atoms with van der Waals surface area (Å²) >= 11 is 0. The van der Waals surface area contributed by atoms with Gasteiger partial charge in [0, 0.05) is 35.4 Å². The Labute approximate surface area is 91.3 Å². The maximum atomic E-state index is 12.6. The number of benzene rings is 1. The lowest BCUT2D eigenvalue weighted by atomic mass is 10.1. The molecule has 4 heteroatoms. The van der Waals surface area contributed by atoms with Gasteiger partial charge in [-0.25, -0.2) is 4.39 Å². The Bertz CT molecular complexity index is 348. The van der Waals surface area contributed by atoms with Crippen molar-refractivity contribution < 1.29 is 8.60 Å². The van der Waals surface area contributed by atoms with Crippen molar-refractivity contribution in [2.75, 3.05) is 18.8 Å². The van der Waals surface area contributed by atoms with Gasteiger partial charge in [0.2, 0.25) is 0 Å². The maximum Gasteiger partial charge on any atom is 0.123 e. The predicted molar refractivity (Wildman–Crippen MR) is 59.5 cm³/mol. The predicted octanol–water partition coefficient (Wildman–Crippen LogP) is 1.29. The van der Waals surface area contributed by atoms with E-state index in [2.05, 4.69) is 5.32 Å². The van der Waals surface area contributed by atoms with E-state index < -0.39 is 10.8 Å². The Morgan fingerprint density at radius 2 is 2.00 bits per heavy atom. The van der Waals surface area contributed by atoms with Crippen LogP contribution in [0.1, 0.15) is 5.56 Å². The van der Waals surface area contributed by atoms with Gasteiger partial charge in [0.1, 0.15) is 5.82 Å². The van der Waals surface area contributed by atoms with E-state index >= 15 is 0 Å². The summed E-state index contributed by atoms with van der Waals surface area (Å²) in [5, 5.41) is 3.15. The Morgan fingerprint density at radius 3 is 2.53 bits per heavy atom. The van der Waals surface area contributed by atoms with E-state index in [1.807, 2.05) is 0 Å². The van der Waals surface area contributed by atoms with E-state index in [0.29, 0.717) is 11.7 Å². The van der Waals surface area contributed by atoms with Crippen molar-refractivity contribution in [3.63, 3.8) is 0 Å². The standard InChI is InChI=1S/C11H14FNOS/c12-11-3-1-9(2-4-11)7-15(14)8-10-5-13-6-10/h1-4,10,13H,5-8H2. The third-order valence-electron chi connectivity index (χ3n) is 2.53. The van der Waals surface area contributed by atoms with Crippen LogP contribution in [0.5, 0.6) is 0 Å². The third kappa shape index (κ3) is 3.11. The Hall–Kier alpha value is -0.740. The highest BCUT2D eigenvalue weighted by Gasteiger charge is 2.19. The van der Waals surface area contributed by atoms with Crippen molar-refractivity contribution in [1.29, 1.82) is 0 Å². The summed E-state index contributed by atoms with van der Waals surface area (Å²) in [7, 11) is -0.819. The van der Waals surface area contributed by atoms with Crippen LogP contribution >= 0.6 is 0 Å². The van der Waals surface area contributed by atoms with Gasteiger partial charge in [-0.15, -0.1) is 0 Å². The van der Waals surface area contributed by atoms with Gasteiger partial charge < -0.3 is 5.32 Å². The van der Waals surface area contributed by atoms with Crippen LogP contribution in [0, 0.1) is 11.7 Å². The van der Waals surface area contributed by atoms with E-state index in [9.17, 15) is 8.60 Å². The molecule has 1 atom stereocenters. The van der Waals surface area contributed by atoms with Crippen LogP contribution in [0.4, 0.5) is 4.39 Å². The Morgan fingerprint density at radius 1 is 1.33 bits per heavy atom. The van der Waals surface area contributed by atoms with Crippen LogP contribution in [0.15, 0.2) is 24.3 Å². The first-order valence-corrected chi connectivity index (χ1v) is 6.53. The van der Waals surface area contributed by atoms with Crippen molar-refractivity contribution in [3.05, 3.63) is 35.6 Å². The van der Waals surface area contributed by atoms with Crippen LogP contribution in [-0.2, 0) is 16.6 Å². The molecule has 15 heavy (non-hydrogen) atoms. The molecule has 0 saturated carbocycles. The third-order valence-corrected chi connectivity index (χ3v) is 4.03. The highest BCUT2D eigenvalue weighted by molar-refractivity contribution is 7.84. The summed E-state index contributed by atoms with van der Waals surface area (Å²) in [6.45, 7) is 1.96. The average Bonchev–Trinajstić information content (AvgIpc) is 2.16. The fourth-order valence-electron chi connectivity index (χ4n) is 1.55. The van der Waals surface area contributed by atoms with E-state index in [1.165, 1.54) is 12.1 Å². The van der Waals surface area contributed by atoms with Crippen molar-refractivity contribution in [2.45, 2.75) is 5.75 Å². The van der Waals surface area contributed by atoms with Crippen molar-refractivity contribution in [1.82, 2.24) is 5.32 Å². The second-order valence-corrected chi connectivity index (χ2v) is 5.40. The molecule has 2 rings (SSSR count). The molecular weight excluding hydrogens is 213 g/mol. The molecule has 0 aromatic heterocycles. The molecule has 1 N–H and O–H groups in total. The molecule has 82 valence electrons. The lowest BCUT2D eigenvalue weighted by Crippen LogP contribution is -2.44. The van der Waals surface area contributed by atoms with Gasteiger partial charge in [0.25, 0.3) is 0 Å². The molecule has 1 saturated heterocycles. The molecule has 0 amide bonds. The normalized spacial score (nSPS) is 18.5. The molecule has 1 aliphatic heterocycles. The number of nitrogens with one attached hydrogen (secondary N) is 1. The highest BCUT2D eigenvalue weighted by Crippen LogP contribution is 2.10. The van der Waals surface area contributed by atoms with Gasteiger partial charge in [-0.3, -0.25) is 4.21 Å². The first-order chi connectivity index (χ1) is 7.24. The molecule has 1 unspecified atom stereocenters. The Kier molecular flexibility index (Phi) is 3.49. The summed E-state index contributed by atoms with van der Waals surface area (Å²) in [6.07, 6.45) is 0. The van der Waals surface area contributed by atoms with E-state index in [-0.39, 0.29) is 5.82 Å². The summed E-state index contributed by atoms with van der Waals surface area (Å²) in [6, 6.07) is 6.23. The van der Waals surface area contributed by atoms with E-state index in [4.69, 9.17) is 0 Å². The van der Waals surface area contributed by atoms with Gasteiger partial charge in [-0.1, -0.05) is 12.1 Å². The molecular formula is C11H14FNOS. The van der Waals surface area contributed by atoms with E-state index in [1.54, 1.807) is 12.1 Å². The van der Waals surface area contributed by atoms with Crippen molar-refractivity contribution in [2.24, 2.45) is 5.92 Å². The first kappa shape index (κ1) is 10.8. The molecule has 1 fully saturated rings. The monoisotopic (exact) mass is 227 g/mol. The minimum Gasteiger partial charge on any atom is -0.316 e. The quantitative estimate of drug-likeness (QED) is 0.840. The fourth-order valence-corrected chi connectivity index (χ4v) is 3.00.